The smallest absolute Gasteiger partial charge is 0.300 e. The topological polar surface area (TPSA) is 109 Å². The minimum Gasteiger partial charge on any atom is -0.507 e. The lowest BCUT2D eigenvalue weighted by Gasteiger charge is -2.25. The number of rotatable bonds is 5. The number of Topliss-reactive ketones (excluding diaryl/α,β-unsaturated/α-hetero) is 1. The maximum absolute atomic E-state index is 13.4. The molecule has 2 N–H and O–H groups in total. The van der Waals surface area contributed by atoms with Gasteiger partial charge in [0.2, 0.25) is 5.91 Å². The monoisotopic (exact) mass is 499 g/mol. The van der Waals surface area contributed by atoms with Crippen molar-refractivity contribution in [1.29, 1.82) is 0 Å². The number of hydrogen-bond acceptors (Lipinski definition) is 6. The summed E-state index contributed by atoms with van der Waals surface area (Å²) in [5.41, 5.74) is 2.11. The number of ketones is 1. The number of amides is 2. The molecule has 1 aromatic heterocycles. The van der Waals surface area contributed by atoms with Gasteiger partial charge in [0.1, 0.15) is 17.6 Å². The van der Waals surface area contributed by atoms with E-state index in [9.17, 15) is 19.5 Å². The van der Waals surface area contributed by atoms with E-state index >= 15 is 0 Å². The fraction of sp³-hybridized carbons (Fsp3) is 0.241. The minimum absolute atomic E-state index is 0.0707. The molecule has 0 aliphatic carbocycles. The van der Waals surface area contributed by atoms with Crippen LogP contribution < -0.4 is 15.0 Å². The normalized spacial score (nSPS) is 17.1. The van der Waals surface area contributed by atoms with Crippen LogP contribution in [0.1, 0.15) is 50.6 Å². The van der Waals surface area contributed by atoms with Crippen LogP contribution in [0.2, 0.25) is 0 Å². The Bertz CT molecular complexity index is 1410. The highest BCUT2D eigenvalue weighted by atomic mass is 16.5. The maximum atomic E-state index is 13.4. The SMILES string of the molecule is COc1ccc(/C(O)=C2/C(=O)C(=O)N(c3cccc(NC(C)=O)c3)C2c2ccccn2)cc1C(C)(C)C. The molecule has 0 bridgehead atoms. The van der Waals surface area contributed by atoms with E-state index in [1.165, 1.54) is 11.8 Å². The number of aromatic nitrogens is 1. The molecule has 3 aromatic rings. The first-order valence-corrected chi connectivity index (χ1v) is 11.8. The average Bonchev–Trinajstić information content (AvgIpc) is 3.13. The van der Waals surface area contributed by atoms with Gasteiger partial charge in [0.15, 0.2) is 0 Å². The predicted octanol–water partition coefficient (Wildman–Crippen LogP) is 4.97. The Morgan fingerprint density at radius 3 is 2.43 bits per heavy atom. The molecular formula is C29H29N3O5. The van der Waals surface area contributed by atoms with E-state index in [4.69, 9.17) is 4.74 Å². The van der Waals surface area contributed by atoms with Crippen LogP contribution in [-0.2, 0) is 19.8 Å². The van der Waals surface area contributed by atoms with Gasteiger partial charge in [0.25, 0.3) is 11.7 Å². The second-order valence-electron chi connectivity index (χ2n) is 9.82. The summed E-state index contributed by atoms with van der Waals surface area (Å²) in [5.74, 6) is -1.55. The summed E-state index contributed by atoms with van der Waals surface area (Å²) in [6, 6.07) is 16.0. The van der Waals surface area contributed by atoms with Gasteiger partial charge in [-0.1, -0.05) is 32.9 Å². The molecule has 1 saturated heterocycles. The lowest BCUT2D eigenvalue weighted by molar-refractivity contribution is -0.132. The number of hydrogen-bond donors (Lipinski definition) is 2. The summed E-state index contributed by atoms with van der Waals surface area (Å²) in [6.45, 7) is 7.43. The van der Waals surface area contributed by atoms with Crippen molar-refractivity contribution >= 4 is 34.7 Å². The van der Waals surface area contributed by atoms with Gasteiger partial charge in [0, 0.05) is 35.6 Å². The highest BCUT2D eigenvalue weighted by Gasteiger charge is 2.47. The van der Waals surface area contributed by atoms with Crippen molar-refractivity contribution < 1.29 is 24.2 Å². The molecule has 37 heavy (non-hydrogen) atoms. The number of anilines is 2. The average molecular weight is 500 g/mol. The number of aliphatic hydroxyl groups is 1. The second kappa shape index (κ2) is 9.89. The molecule has 0 saturated carbocycles. The van der Waals surface area contributed by atoms with Crippen LogP contribution in [0.3, 0.4) is 0 Å². The van der Waals surface area contributed by atoms with E-state index in [1.54, 1.807) is 74.0 Å². The van der Waals surface area contributed by atoms with Crippen molar-refractivity contribution in [3.05, 3.63) is 89.3 Å². The van der Waals surface area contributed by atoms with Gasteiger partial charge in [-0.3, -0.25) is 24.3 Å². The van der Waals surface area contributed by atoms with Gasteiger partial charge in [-0.25, -0.2) is 0 Å². The molecule has 8 nitrogen and oxygen atoms in total. The molecule has 1 aliphatic heterocycles. The molecule has 4 rings (SSSR count). The number of nitrogens with one attached hydrogen (secondary N) is 1. The summed E-state index contributed by atoms with van der Waals surface area (Å²) >= 11 is 0. The third kappa shape index (κ3) is 4.95. The summed E-state index contributed by atoms with van der Waals surface area (Å²) < 4.78 is 5.51. The number of aliphatic hydroxyl groups excluding tert-OH is 1. The van der Waals surface area contributed by atoms with Crippen LogP contribution in [0.4, 0.5) is 11.4 Å². The number of pyridine rings is 1. The van der Waals surface area contributed by atoms with E-state index in [2.05, 4.69) is 10.3 Å². The van der Waals surface area contributed by atoms with Crippen molar-refractivity contribution in [2.45, 2.75) is 39.2 Å². The van der Waals surface area contributed by atoms with Gasteiger partial charge in [0.05, 0.1) is 18.4 Å². The number of benzene rings is 2. The van der Waals surface area contributed by atoms with Crippen molar-refractivity contribution in [2.75, 3.05) is 17.3 Å². The first-order valence-electron chi connectivity index (χ1n) is 11.8. The zero-order valence-corrected chi connectivity index (χ0v) is 21.4. The van der Waals surface area contributed by atoms with Crippen LogP contribution in [0.5, 0.6) is 5.75 Å². The van der Waals surface area contributed by atoms with Crippen molar-refractivity contribution in [3.8, 4) is 5.75 Å². The van der Waals surface area contributed by atoms with Crippen molar-refractivity contribution in [2.24, 2.45) is 0 Å². The van der Waals surface area contributed by atoms with Crippen LogP contribution in [0, 0.1) is 0 Å². The van der Waals surface area contributed by atoms with Gasteiger partial charge in [-0.2, -0.15) is 0 Å². The van der Waals surface area contributed by atoms with E-state index in [0.717, 1.165) is 5.56 Å². The second-order valence-corrected chi connectivity index (χ2v) is 9.82. The molecule has 2 aromatic carbocycles. The van der Waals surface area contributed by atoms with E-state index in [1.807, 2.05) is 20.8 Å². The molecule has 0 spiro atoms. The van der Waals surface area contributed by atoms with Gasteiger partial charge in [-0.05, 0) is 53.9 Å². The van der Waals surface area contributed by atoms with Crippen molar-refractivity contribution in [1.82, 2.24) is 4.98 Å². The highest BCUT2D eigenvalue weighted by molar-refractivity contribution is 6.51. The summed E-state index contributed by atoms with van der Waals surface area (Å²) in [7, 11) is 1.58. The molecule has 2 amide bonds. The van der Waals surface area contributed by atoms with Gasteiger partial charge >= 0.3 is 0 Å². The summed E-state index contributed by atoms with van der Waals surface area (Å²) in [4.78, 5) is 44.1. The minimum atomic E-state index is -0.978. The zero-order chi connectivity index (χ0) is 26.9. The van der Waals surface area contributed by atoms with Crippen LogP contribution in [0.15, 0.2) is 72.4 Å². The van der Waals surface area contributed by atoms with E-state index < -0.39 is 17.7 Å². The number of carbonyl (C=O) groups excluding carboxylic acids is 3. The Labute approximate surface area is 215 Å². The van der Waals surface area contributed by atoms with E-state index in [0.29, 0.717) is 28.4 Å². The lowest BCUT2D eigenvalue weighted by atomic mass is 9.84. The molecule has 1 fully saturated rings. The Morgan fingerprint density at radius 2 is 1.81 bits per heavy atom. The molecular weight excluding hydrogens is 470 g/mol. The Morgan fingerprint density at radius 1 is 1.05 bits per heavy atom. The van der Waals surface area contributed by atoms with Crippen molar-refractivity contribution in [3.63, 3.8) is 0 Å². The Hall–Kier alpha value is -4.46. The molecule has 1 aliphatic rings. The zero-order valence-electron chi connectivity index (χ0n) is 21.4. The van der Waals surface area contributed by atoms with Crippen LogP contribution in [-0.4, -0.2) is 34.8 Å². The predicted molar refractivity (Wildman–Crippen MR) is 141 cm³/mol. The highest BCUT2D eigenvalue weighted by Crippen LogP contribution is 2.43. The maximum Gasteiger partial charge on any atom is 0.300 e. The van der Waals surface area contributed by atoms with Crippen LogP contribution >= 0.6 is 0 Å². The number of nitrogens with zero attached hydrogens (tertiary/aromatic N) is 2. The lowest BCUT2D eigenvalue weighted by Crippen LogP contribution is -2.30. The van der Waals surface area contributed by atoms with Crippen LogP contribution in [0.25, 0.3) is 5.76 Å². The molecule has 0 radical (unpaired) electrons. The standard InChI is InChI=1S/C29H29N3O5/c1-17(33)31-19-9-8-10-20(16-19)32-25(22-11-6-7-14-30-22)24(27(35)28(32)36)26(34)18-12-13-23(37-5)21(15-18)29(2,3)4/h6-16,25,34H,1-5H3,(H,31,33)/b26-24-. The Balaban J connectivity index is 1.93. The third-order valence-electron chi connectivity index (χ3n) is 6.14. The fourth-order valence-corrected chi connectivity index (χ4v) is 4.45. The Kier molecular flexibility index (Phi) is 6.85. The largest absolute Gasteiger partial charge is 0.507 e. The van der Waals surface area contributed by atoms with Gasteiger partial charge in [-0.15, -0.1) is 0 Å². The number of ether oxygens (including phenoxy) is 1. The molecule has 2 heterocycles. The molecule has 1 atom stereocenters. The third-order valence-corrected chi connectivity index (χ3v) is 6.14. The molecule has 8 heteroatoms. The quantitative estimate of drug-likeness (QED) is 0.291. The molecule has 1 unspecified atom stereocenters. The first kappa shape index (κ1) is 25.6. The summed E-state index contributed by atoms with van der Waals surface area (Å²) in [6.07, 6.45) is 1.56. The summed E-state index contributed by atoms with van der Waals surface area (Å²) in [5, 5.41) is 14.2. The first-order chi connectivity index (χ1) is 17.5. The van der Waals surface area contributed by atoms with Gasteiger partial charge < -0.3 is 15.2 Å². The molecule has 190 valence electrons. The number of methoxy groups -OCH3 is 1. The number of carbonyl (C=O) groups is 3. The van der Waals surface area contributed by atoms with E-state index in [-0.39, 0.29) is 22.7 Å². The fourth-order valence-electron chi connectivity index (χ4n) is 4.45.